The van der Waals surface area contributed by atoms with Crippen LogP contribution in [0.2, 0.25) is 0 Å². The van der Waals surface area contributed by atoms with E-state index in [1.807, 2.05) is 0 Å². The van der Waals surface area contributed by atoms with Crippen molar-refractivity contribution < 1.29 is 9.90 Å². The van der Waals surface area contributed by atoms with Crippen LogP contribution in [-0.2, 0) is 5.54 Å². The molecule has 130 valence electrons. The van der Waals surface area contributed by atoms with Gasteiger partial charge in [-0.25, -0.2) is 0 Å². The normalized spacial score (nSPS) is 35.7. The lowest BCUT2D eigenvalue weighted by Crippen LogP contribution is -2.66. The standard InChI is InChI=1S/C17H20N6O2/c24-14-2-13(7-18-8-14)15(25)21-16-3-11-1-12(4-16)6-17(5-11,9-16)23-20-10-19-22-23/h2,7-8,10-12,24H,1,3-6,9H2,(H,21,25). The van der Waals surface area contributed by atoms with E-state index >= 15 is 0 Å². The van der Waals surface area contributed by atoms with Gasteiger partial charge in [0.25, 0.3) is 5.91 Å². The molecule has 0 radical (unpaired) electrons. The molecule has 2 aromatic heterocycles. The van der Waals surface area contributed by atoms with Gasteiger partial charge in [-0.1, -0.05) is 0 Å². The zero-order valence-electron chi connectivity index (χ0n) is 13.8. The maximum atomic E-state index is 12.8. The van der Waals surface area contributed by atoms with Gasteiger partial charge in [0, 0.05) is 11.7 Å². The van der Waals surface area contributed by atoms with Crippen LogP contribution in [0.4, 0.5) is 0 Å². The first-order valence-corrected chi connectivity index (χ1v) is 8.76. The Hall–Kier alpha value is -2.51. The molecule has 6 rings (SSSR count). The molecule has 2 N–H and O–H groups in total. The van der Waals surface area contributed by atoms with Gasteiger partial charge in [-0.15, -0.1) is 10.2 Å². The molecule has 4 aliphatic rings. The van der Waals surface area contributed by atoms with Crippen LogP contribution in [0.15, 0.2) is 24.8 Å². The lowest BCUT2D eigenvalue weighted by Gasteiger charge is -2.61. The molecule has 4 fully saturated rings. The molecule has 0 aliphatic heterocycles. The molecule has 2 heterocycles. The van der Waals surface area contributed by atoms with Crippen molar-refractivity contribution in [2.45, 2.75) is 49.6 Å². The highest BCUT2D eigenvalue weighted by molar-refractivity contribution is 5.94. The van der Waals surface area contributed by atoms with Crippen LogP contribution in [0.3, 0.4) is 0 Å². The maximum Gasteiger partial charge on any atom is 0.253 e. The first-order chi connectivity index (χ1) is 12.1. The minimum atomic E-state index is -0.236. The number of hydrogen-bond acceptors (Lipinski definition) is 6. The summed E-state index contributed by atoms with van der Waals surface area (Å²) in [7, 11) is 0. The highest BCUT2D eigenvalue weighted by Gasteiger charge is 2.60. The zero-order chi connectivity index (χ0) is 17.1. The van der Waals surface area contributed by atoms with Crippen molar-refractivity contribution >= 4 is 5.91 Å². The van der Waals surface area contributed by atoms with Gasteiger partial charge in [-0.3, -0.25) is 9.78 Å². The van der Waals surface area contributed by atoms with Gasteiger partial charge >= 0.3 is 0 Å². The van der Waals surface area contributed by atoms with Crippen molar-refractivity contribution in [1.82, 2.24) is 30.5 Å². The number of aromatic hydroxyl groups is 1. The Morgan fingerprint density at radius 1 is 1.24 bits per heavy atom. The molecule has 8 heteroatoms. The van der Waals surface area contributed by atoms with Gasteiger partial charge in [0.15, 0.2) is 6.33 Å². The average Bonchev–Trinajstić information content (AvgIpc) is 3.08. The molecular weight excluding hydrogens is 320 g/mol. The number of tetrazole rings is 1. The summed E-state index contributed by atoms with van der Waals surface area (Å²) in [6.07, 6.45) is 10.5. The third kappa shape index (κ3) is 2.31. The Labute approximate surface area is 144 Å². The molecule has 2 atom stereocenters. The number of rotatable bonds is 3. The van der Waals surface area contributed by atoms with Gasteiger partial charge in [-0.2, -0.15) is 4.80 Å². The number of aromatic nitrogens is 5. The molecule has 4 saturated carbocycles. The Balaban J connectivity index is 1.46. The Kier molecular flexibility index (Phi) is 2.96. The van der Waals surface area contributed by atoms with E-state index in [0.29, 0.717) is 17.4 Å². The number of carbonyl (C=O) groups is 1. The number of pyridine rings is 1. The fourth-order valence-corrected chi connectivity index (χ4v) is 5.84. The lowest BCUT2D eigenvalue weighted by molar-refractivity contribution is -0.0810. The van der Waals surface area contributed by atoms with Crippen LogP contribution in [0.25, 0.3) is 0 Å². The first kappa shape index (κ1) is 14.8. The smallest absolute Gasteiger partial charge is 0.253 e. The third-order valence-electron chi connectivity index (χ3n) is 6.17. The second-order valence-corrected chi connectivity index (χ2v) is 8.08. The van der Waals surface area contributed by atoms with Crippen LogP contribution >= 0.6 is 0 Å². The molecule has 1 amide bonds. The summed E-state index contributed by atoms with van der Waals surface area (Å²) in [5.41, 5.74) is 0.0224. The molecular formula is C17H20N6O2. The third-order valence-corrected chi connectivity index (χ3v) is 6.17. The van der Waals surface area contributed by atoms with Gasteiger partial charge in [0.2, 0.25) is 0 Å². The van der Waals surface area contributed by atoms with Gasteiger partial charge in [0.1, 0.15) is 5.75 Å². The molecule has 2 aromatic rings. The van der Waals surface area contributed by atoms with Crippen LogP contribution in [-0.4, -0.2) is 41.7 Å². The summed E-state index contributed by atoms with van der Waals surface area (Å²) in [5, 5.41) is 25.3. The Morgan fingerprint density at radius 3 is 2.72 bits per heavy atom. The number of nitrogens with one attached hydrogen (secondary N) is 1. The highest BCUT2D eigenvalue weighted by atomic mass is 16.3. The fourth-order valence-electron chi connectivity index (χ4n) is 5.84. The minimum absolute atomic E-state index is 0.00134. The first-order valence-electron chi connectivity index (χ1n) is 8.76. The lowest BCUT2D eigenvalue weighted by atomic mass is 9.50. The van der Waals surface area contributed by atoms with Crippen LogP contribution in [0.1, 0.15) is 48.9 Å². The molecule has 25 heavy (non-hydrogen) atoms. The number of nitrogens with zero attached hydrogens (tertiary/aromatic N) is 5. The molecule has 4 bridgehead atoms. The summed E-state index contributed by atoms with van der Waals surface area (Å²) < 4.78 is 0. The summed E-state index contributed by atoms with van der Waals surface area (Å²) in [4.78, 5) is 18.4. The Morgan fingerprint density at radius 2 is 2.04 bits per heavy atom. The second-order valence-electron chi connectivity index (χ2n) is 8.08. The second kappa shape index (κ2) is 5.00. The van der Waals surface area contributed by atoms with Crippen LogP contribution in [0.5, 0.6) is 5.75 Å². The van der Waals surface area contributed by atoms with Crippen molar-refractivity contribution in [3.63, 3.8) is 0 Å². The van der Waals surface area contributed by atoms with Gasteiger partial charge in [-0.05, 0) is 61.6 Å². The molecule has 8 nitrogen and oxygen atoms in total. The number of hydrogen-bond donors (Lipinski definition) is 2. The topological polar surface area (TPSA) is 106 Å². The molecule has 0 saturated heterocycles. The maximum absolute atomic E-state index is 12.8. The molecule has 0 aromatic carbocycles. The average molecular weight is 340 g/mol. The predicted octanol–water partition coefficient (Wildman–Crippen LogP) is 1.25. The molecule has 0 spiro atoms. The largest absolute Gasteiger partial charge is 0.506 e. The van der Waals surface area contributed by atoms with Crippen LogP contribution in [0, 0.1) is 11.8 Å². The van der Waals surface area contributed by atoms with Crippen molar-refractivity contribution in [3.05, 3.63) is 30.4 Å². The van der Waals surface area contributed by atoms with E-state index in [9.17, 15) is 9.90 Å². The molecule has 4 aliphatic carbocycles. The van der Waals surface area contributed by atoms with E-state index in [1.54, 1.807) is 4.80 Å². The zero-order valence-corrected chi connectivity index (χ0v) is 13.8. The fraction of sp³-hybridized carbons (Fsp3) is 0.588. The van der Waals surface area contributed by atoms with E-state index in [4.69, 9.17) is 0 Å². The summed E-state index contributed by atoms with van der Waals surface area (Å²) in [5.74, 6) is 0.984. The monoisotopic (exact) mass is 340 g/mol. The number of amides is 1. The highest BCUT2D eigenvalue weighted by Crippen LogP contribution is 2.60. The van der Waals surface area contributed by atoms with Crippen LogP contribution < -0.4 is 5.32 Å². The van der Waals surface area contributed by atoms with E-state index in [2.05, 4.69) is 25.7 Å². The van der Waals surface area contributed by atoms with Gasteiger partial charge in [0.05, 0.1) is 17.3 Å². The van der Waals surface area contributed by atoms with Crippen molar-refractivity contribution in [1.29, 1.82) is 0 Å². The van der Waals surface area contributed by atoms with Crippen molar-refractivity contribution in [3.8, 4) is 5.75 Å². The van der Waals surface area contributed by atoms with E-state index in [1.165, 1.54) is 31.2 Å². The predicted molar refractivity (Wildman–Crippen MR) is 86.6 cm³/mol. The van der Waals surface area contributed by atoms with E-state index in [0.717, 1.165) is 32.1 Å². The quantitative estimate of drug-likeness (QED) is 0.871. The van der Waals surface area contributed by atoms with E-state index in [-0.39, 0.29) is 22.7 Å². The van der Waals surface area contributed by atoms with E-state index < -0.39 is 0 Å². The Bertz CT molecular complexity index is 806. The van der Waals surface area contributed by atoms with Crippen molar-refractivity contribution in [2.24, 2.45) is 11.8 Å². The SMILES string of the molecule is O=C(NC12CC3CC(C1)CC(n1ncnn1)(C3)C2)c1cncc(O)c1. The minimum Gasteiger partial charge on any atom is -0.506 e. The molecule has 2 unspecified atom stereocenters. The summed E-state index contributed by atoms with van der Waals surface area (Å²) in [6.45, 7) is 0. The van der Waals surface area contributed by atoms with Gasteiger partial charge < -0.3 is 10.4 Å². The number of carbonyl (C=O) groups excluding carboxylic acids is 1. The summed E-state index contributed by atoms with van der Waals surface area (Å²) in [6, 6.07) is 1.46. The van der Waals surface area contributed by atoms with Crippen molar-refractivity contribution in [2.75, 3.05) is 0 Å². The summed E-state index contributed by atoms with van der Waals surface area (Å²) >= 11 is 0.